The van der Waals surface area contributed by atoms with Crippen molar-refractivity contribution in [2.24, 2.45) is 17.1 Å². The van der Waals surface area contributed by atoms with Crippen molar-refractivity contribution in [2.75, 3.05) is 6.54 Å². The summed E-state index contributed by atoms with van der Waals surface area (Å²) in [4.78, 5) is 0. The van der Waals surface area contributed by atoms with Gasteiger partial charge >= 0.3 is 0 Å². The maximum atomic E-state index is 5.64. The van der Waals surface area contributed by atoms with Crippen LogP contribution >= 0.6 is 0 Å². The largest absolute Gasteiger partial charge is 0.330 e. The molecule has 0 bridgehead atoms. The lowest BCUT2D eigenvalue weighted by molar-refractivity contribution is 0.337. The average Bonchev–Trinajstić information content (AvgIpc) is 1.96. The Hall–Kier alpha value is -0.560. The molecule has 2 atom stereocenters. The van der Waals surface area contributed by atoms with Crippen molar-refractivity contribution >= 4 is 0 Å². The van der Waals surface area contributed by atoms with Gasteiger partial charge in [0.25, 0.3) is 0 Å². The van der Waals surface area contributed by atoms with Crippen LogP contribution in [-0.2, 0) is 0 Å². The molecule has 0 heterocycles. The number of hydrogen-bond donors (Lipinski definition) is 1. The van der Waals surface area contributed by atoms with Crippen molar-refractivity contribution < 1.29 is 0 Å². The highest BCUT2D eigenvalue weighted by molar-refractivity contribution is 5.18. The van der Waals surface area contributed by atoms with E-state index in [0.717, 1.165) is 6.54 Å². The van der Waals surface area contributed by atoms with Gasteiger partial charge in [0.2, 0.25) is 0 Å². The van der Waals surface area contributed by atoms with Crippen LogP contribution in [0, 0.1) is 11.3 Å². The molecule has 0 amide bonds. The summed E-state index contributed by atoms with van der Waals surface area (Å²) < 4.78 is 0. The molecule has 2 N–H and O–H groups in total. The zero-order valence-corrected chi connectivity index (χ0v) is 6.67. The summed E-state index contributed by atoms with van der Waals surface area (Å²) in [5.74, 6) is 0.572. The van der Waals surface area contributed by atoms with Crippen molar-refractivity contribution in [3.8, 4) is 0 Å². The smallest absolute Gasteiger partial charge is 0.00393 e. The summed E-state index contributed by atoms with van der Waals surface area (Å²) >= 11 is 0. The molecule has 0 aromatic rings. The Labute approximate surface area is 62.6 Å². The SMILES string of the molecule is CC1C=CC=CC1(C)CN. The average molecular weight is 137 g/mol. The van der Waals surface area contributed by atoms with Crippen molar-refractivity contribution in [3.05, 3.63) is 24.3 Å². The zero-order chi connectivity index (χ0) is 7.61. The Morgan fingerprint density at radius 3 is 2.60 bits per heavy atom. The predicted molar refractivity (Wildman–Crippen MR) is 44.6 cm³/mol. The third-order valence-electron chi connectivity index (χ3n) is 2.47. The fraction of sp³-hybridized carbons (Fsp3) is 0.556. The second kappa shape index (κ2) is 2.59. The molecule has 2 unspecified atom stereocenters. The first kappa shape index (κ1) is 7.55. The van der Waals surface area contributed by atoms with Crippen LogP contribution in [-0.4, -0.2) is 6.54 Å². The van der Waals surface area contributed by atoms with Crippen LogP contribution in [0.1, 0.15) is 13.8 Å². The Balaban J connectivity index is 2.77. The number of allylic oxidation sites excluding steroid dienone is 3. The molecule has 0 saturated heterocycles. The van der Waals surface area contributed by atoms with Crippen LogP contribution in [0.15, 0.2) is 24.3 Å². The van der Waals surface area contributed by atoms with E-state index in [4.69, 9.17) is 5.73 Å². The van der Waals surface area contributed by atoms with Gasteiger partial charge in [-0.3, -0.25) is 0 Å². The number of rotatable bonds is 1. The maximum Gasteiger partial charge on any atom is 0.00393 e. The molecule has 0 aromatic carbocycles. The highest BCUT2D eigenvalue weighted by Crippen LogP contribution is 2.31. The highest BCUT2D eigenvalue weighted by Gasteiger charge is 2.25. The minimum Gasteiger partial charge on any atom is -0.330 e. The molecule has 10 heavy (non-hydrogen) atoms. The van der Waals surface area contributed by atoms with Gasteiger partial charge < -0.3 is 5.73 Å². The molecule has 1 heteroatoms. The van der Waals surface area contributed by atoms with E-state index in [9.17, 15) is 0 Å². The van der Waals surface area contributed by atoms with Gasteiger partial charge in [-0.05, 0) is 5.92 Å². The Kier molecular flexibility index (Phi) is 1.95. The van der Waals surface area contributed by atoms with Gasteiger partial charge in [-0.25, -0.2) is 0 Å². The second-order valence-electron chi connectivity index (χ2n) is 3.24. The van der Waals surface area contributed by atoms with Crippen LogP contribution in [0.4, 0.5) is 0 Å². The molecule has 56 valence electrons. The topological polar surface area (TPSA) is 26.0 Å². The lowest BCUT2D eigenvalue weighted by atomic mass is 9.76. The van der Waals surface area contributed by atoms with E-state index >= 15 is 0 Å². The standard InChI is InChI=1S/C9H15N/c1-8-5-3-4-6-9(8,2)7-10/h3-6,8H,7,10H2,1-2H3. The Morgan fingerprint density at radius 2 is 2.20 bits per heavy atom. The fourth-order valence-electron chi connectivity index (χ4n) is 1.13. The van der Waals surface area contributed by atoms with E-state index in [1.54, 1.807) is 0 Å². The van der Waals surface area contributed by atoms with E-state index in [1.165, 1.54) is 0 Å². The molecule has 0 fully saturated rings. The molecule has 1 aliphatic carbocycles. The first-order valence-electron chi connectivity index (χ1n) is 3.75. The first-order chi connectivity index (χ1) is 4.69. The van der Waals surface area contributed by atoms with Gasteiger partial charge in [0.1, 0.15) is 0 Å². The summed E-state index contributed by atoms with van der Waals surface area (Å²) in [6.07, 6.45) is 8.56. The van der Waals surface area contributed by atoms with Crippen LogP contribution < -0.4 is 5.73 Å². The zero-order valence-electron chi connectivity index (χ0n) is 6.67. The van der Waals surface area contributed by atoms with Crippen LogP contribution in [0.2, 0.25) is 0 Å². The third-order valence-corrected chi connectivity index (χ3v) is 2.47. The predicted octanol–water partition coefficient (Wildman–Crippen LogP) is 1.71. The minimum absolute atomic E-state index is 0.189. The normalized spacial score (nSPS) is 38.5. The van der Waals surface area contributed by atoms with E-state index < -0.39 is 0 Å². The summed E-state index contributed by atoms with van der Waals surface area (Å²) in [6, 6.07) is 0. The number of hydrogen-bond acceptors (Lipinski definition) is 1. The Bertz CT molecular complexity index is 170. The van der Waals surface area contributed by atoms with E-state index in [-0.39, 0.29) is 5.41 Å². The van der Waals surface area contributed by atoms with Crippen LogP contribution in [0.25, 0.3) is 0 Å². The van der Waals surface area contributed by atoms with E-state index in [1.807, 2.05) is 0 Å². The molecular formula is C9H15N. The van der Waals surface area contributed by atoms with Gasteiger partial charge in [0.15, 0.2) is 0 Å². The molecular weight excluding hydrogens is 122 g/mol. The van der Waals surface area contributed by atoms with Crippen molar-refractivity contribution in [2.45, 2.75) is 13.8 Å². The molecule has 0 aliphatic heterocycles. The number of nitrogens with two attached hydrogens (primary N) is 1. The van der Waals surface area contributed by atoms with Gasteiger partial charge in [0.05, 0.1) is 0 Å². The van der Waals surface area contributed by atoms with Gasteiger partial charge in [-0.15, -0.1) is 0 Å². The molecule has 1 rings (SSSR count). The molecule has 0 aromatic heterocycles. The van der Waals surface area contributed by atoms with Crippen molar-refractivity contribution in [3.63, 3.8) is 0 Å². The van der Waals surface area contributed by atoms with Crippen molar-refractivity contribution in [1.82, 2.24) is 0 Å². The van der Waals surface area contributed by atoms with E-state index in [2.05, 4.69) is 38.2 Å². The maximum absolute atomic E-state index is 5.64. The fourth-order valence-corrected chi connectivity index (χ4v) is 1.13. The van der Waals surface area contributed by atoms with E-state index in [0.29, 0.717) is 5.92 Å². The summed E-state index contributed by atoms with van der Waals surface area (Å²) in [6.45, 7) is 5.12. The highest BCUT2D eigenvalue weighted by atomic mass is 14.6. The molecule has 0 saturated carbocycles. The minimum atomic E-state index is 0.189. The monoisotopic (exact) mass is 137 g/mol. The lowest BCUT2D eigenvalue weighted by Crippen LogP contribution is -2.31. The lowest BCUT2D eigenvalue weighted by Gasteiger charge is -2.31. The Morgan fingerprint density at radius 1 is 1.50 bits per heavy atom. The van der Waals surface area contributed by atoms with Crippen LogP contribution in [0.3, 0.4) is 0 Å². The summed E-state index contributed by atoms with van der Waals surface area (Å²) in [5.41, 5.74) is 5.83. The van der Waals surface area contributed by atoms with Crippen LogP contribution in [0.5, 0.6) is 0 Å². The second-order valence-corrected chi connectivity index (χ2v) is 3.24. The van der Waals surface area contributed by atoms with Gasteiger partial charge in [-0.1, -0.05) is 38.2 Å². The van der Waals surface area contributed by atoms with Gasteiger partial charge in [0, 0.05) is 12.0 Å². The molecule has 0 radical (unpaired) electrons. The first-order valence-corrected chi connectivity index (χ1v) is 3.75. The van der Waals surface area contributed by atoms with Gasteiger partial charge in [-0.2, -0.15) is 0 Å². The molecule has 1 aliphatic rings. The summed E-state index contributed by atoms with van der Waals surface area (Å²) in [7, 11) is 0. The third kappa shape index (κ3) is 1.14. The molecule has 1 nitrogen and oxygen atoms in total. The van der Waals surface area contributed by atoms with Crippen molar-refractivity contribution in [1.29, 1.82) is 0 Å². The molecule has 0 spiro atoms. The quantitative estimate of drug-likeness (QED) is 0.585. The summed E-state index contributed by atoms with van der Waals surface area (Å²) in [5, 5.41) is 0.